The molecule has 114 valence electrons. The van der Waals surface area contributed by atoms with E-state index in [-0.39, 0.29) is 48.0 Å². The van der Waals surface area contributed by atoms with E-state index < -0.39 is 0 Å². The third-order valence-electron chi connectivity index (χ3n) is 3.45. The molecule has 1 fully saturated rings. The van der Waals surface area contributed by atoms with Crippen molar-refractivity contribution < 1.29 is 13.9 Å². The van der Waals surface area contributed by atoms with Crippen molar-refractivity contribution in [2.75, 3.05) is 11.5 Å². The van der Waals surface area contributed by atoms with Gasteiger partial charge in [0, 0.05) is 0 Å². The van der Waals surface area contributed by atoms with Crippen molar-refractivity contribution in [1.29, 1.82) is 0 Å². The summed E-state index contributed by atoms with van der Waals surface area (Å²) in [5.41, 5.74) is 11.8. The van der Waals surface area contributed by atoms with Gasteiger partial charge in [0.25, 0.3) is 0 Å². The number of carbonyl (C=O) groups excluding carboxylic acids is 1. The van der Waals surface area contributed by atoms with Gasteiger partial charge in [-0.25, -0.2) is 4.39 Å². The van der Waals surface area contributed by atoms with Crippen molar-refractivity contribution in [2.24, 2.45) is 5.92 Å². The Morgan fingerprint density at radius 2 is 1.82 bits per heavy atom. The van der Waals surface area contributed by atoms with Gasteiger partial charge < -0.3 is 16.2 Å². The predicted molar refractivity (Wildman–Crippen MR) is 75.7 cm³/mol. The lowest BCUT2D eigenvalue weighted by Crippen LogP contribution is -2.12. The smallest absolute Gasteiger partial charge is 0.310 e. The number of esters is 1. The van der Waals surface area contributed by atoms with Crippen LogP contribution in [0, 0.1) is 11.7 Å². The van der Waals surface area contributed by atoms with E-state index in [2.05, 4.69) is 15.0 Å². The summed E-state index contributed by atoms with van der Waals surface area (Å²) in [6, 6.07) is 6.13. The van der Waals surface area contributed by atoms with Crippen LogP contribution in [0.3, 0.4) is 0 Å². The molecule has 1 aromatic heterocycles. The van der Waals surface area contributed by atoms with Gasteiger partial charge in [-0.3, -0.25) is 4.79 Å². The van der Waals surface area contributed by atoms with E-state index >= 15 is 0 Å². The van der Waals surface area contributed by atoms with Crippen LogP contribution in [0.1, 0.15) is 23.7 Å². The fourth-order valence-electron chi connectivity index (χ4n) is 2.30. The number of halogens is 1. The maximum atomic E-state index is 12.9. The van der Waals surface area contributed by atoms with Crippen LogP contribution in [-0.2, 0) is 16.1 Å². The number of aromatic nitrogens is 3. The number of anilines is 2. The zero-order chi connectivity index (χ0) is 15.7. The molecule has 2 atom stereocenters. The molecule has 0 radical (unpaired) electrons. The minimum Gasteiger partial charge on any atom is -0.457 e. The summed E-state index contributed by atoms with van der Waals surface area (Å²) in [6.07, 6.45) is 0.686. The molecule has 0 aliphatic heterocycles. The number of hydrogen-bond acceptors (Lipinski definition) is 7. The Morgan fingerprint density at radius 3 is 2.45 bits per heavy atom. The molecule has 7 nitrogen and oxygen atoms in total. The minimum atomic E-state index is -0.341. The van der Waals surface area contributed by atoms with Crippen molar-refractivity contribution in [3.05, 3.63) is 41.5 Å². The lowest BCUT2D eigenvalue weighted by Gasteiger charge is -2.05. The van der Waals surface area contributed by atoms with Gasteiger partial charge in [0.15, 0.2) is 12.4 Å². The van der Waals surface area contributed by atoms with Gasteiger partial charge in [-0.05, 0) is 30.0 Å². The molecule has 0 amide bonds. The van der Waals surface area contributed by atoms with Crippen molar-refractivity contribution in [3.63, 3.8) is 0 Å². The van der Waals surface area contributed by atoms with Crippen molar-refractivity contribution in [3.8, 4) is 0 Å². The molecule has 1 aromatic carbocycles. The number of nitrogen functional groups attached to an aromatic ring is 2. The first-order valence-electron chi connectivity index (χ1n) is 6.71. The van der Waals surface area contributed by atoms with Gasteiger partial charge in [-0.15, -0.1) is 0 Å². The van der Waals surface area contributed by atoms with Gasteiger partial charge in [0.05, 0.1) is 5.92 Å². The highest BCUT2D eigenvalue weighted by molar-refractivity contribution is 5.77. The third-order valence-corrected chi connectivity index (χ3v) is 3.45. The molecular weight excluding hydrogens is 289 g/mol. The molecule has 0 bridgehead atoms. The van der Waals surface area contributed by atoms with Crippen LogP contribution in [0.15, 0.2) is 24.3 Å². The van der Waals surface area contributed by atoms with E-state index in [1.165, 1.54) is 12.1 Å². The largest absolute Gasteiger partial charge is 0.457 e. The van der Waals surface area contributed by atoms with Crippen molar-refractivity contribution in [2.45, 2.75) is 18.9 Å². The number of carbonyl (C=O) groups is 1. The van der Waals surface area contributed by atoms with E-state index in [1.54, 1.807) is 12.1 Å². The second-order valence-electron chi connectivity index (χ2n) is 5.08. The van der Waals surface area contributed by atoms with Crippen LogP contribution in [0.25, 0.3) is 0 Å². The van der Waals surface area contributed by atoms with Crippen LogP contribution >= 0.6 is 0 Å². The zero-order valence-corrected chi connectivity index (χ0v) is 11.6. The first kappa shape index (κ1) is 14.2. The highest BCUT2D eigenvalue weighted by Gasteiger charge is 2.45. The number of nitrogens with zero attached hydrogens (tertiary/aromatic N) is 3. The topological polar surface area (TPSA) is 117 Å². The van der Waals surface area contributed by atoms with Gasteiger partial charge in [-0.2, -0.15) is 15.0 Å². The molecule has 0 saturated heterocycles. The van der Waals surface area contributed by atoms with Crippen molar-refractivity contribution in [1.82, 2.24) is 15.0 Å². The second-order valence-corrected chi connectivity index (χ2v) is 5.08. The highest BCUT2D eigenvalue weighted by Crippen LogP contribution is 2.48. The third kappa shape index (κ3) is 3.11. The van der Waals surface area contributed by atoms with Crippen LogP contribution in [0.4, 0.5) is 16.3 Å². The quantitative estimate of drug-likeness (QED) is 0.810. The SMILES string of the molecule is Nc1nc(N)nc(COC(=O)C2CC2c2ccc(F)cc2)n1. The number of ether oxygens (including phenoxy) is 1. The van der Waals surface area contributed by atoms with Crippen LogP contribution in [0.5, 0.6) is 0 Å². The molecule has 3 rings (SSSR count). The molecule has 4 N–H and O–H groups in total. The lowest BCUT2D eigenvalue weighted by atomic mass is 10.1. The average Bonchev–Trinajstić information content (AvgIpc) is 3.25. The summed E-state index contributed by atoms with van der Waals surface area (Å²) in [5, 5.41) is 0. The zero-order valence-electron chi connectivity index (χ0n) is 11.6. The summed E-state index contributed by atoms with van der Waals surface area (Å²) < 4.78 is 18.0. The standard InChI is InChI=1S/C14H14FN5O2/c15-8-3-1-7(2-4-8)9-5-10(9)12(21)22-6-11-18-13(16)20-14(17)19-11/h1-4,9-10H,5-6H2,(H4,16,17,18,19,20). The van der Waals surface area contributed by atoms with Crippen molar-refractivity contribution >= 4 is 17.9 Å². The second kappa shape index (κ2) is 5.55. The Hall–Kier alpha value is -2.77. The van der Waals surface area contributed by atoms with Gasteiger partial charge in [-0.1, -0.05) is 12.1 Å². The molecule has 1 aliphatic rings. The van der Waals surface area contributed by atoms with E-state index in [0.717, 1.165) is 5.56 Å². The summed E-state index contributed by atoms with van der Waals surface area (Å²) >= 11 is 0. The Balaban J connectivity index is 1.56. The fraction of sp³-hybridized carbons (Fsp3) is 0.286. The van der Waals surface area contributed by atoms with Crippen LogP contribution in [0.2, 0.25) is 0 Å². The molecule has 1 saturated carbocycles. The monoisotopic (exact) mass is 303 g/mol. The first-order valence-corrected chi connectivity index (χ1v) is 6.71. The number of benzene rings is 1. The first-order chi connectivity index (χ1) is 10.5. The Labute approximate surface area is 125 Å². The van der Waals surface area contributed by atoms with E-state index in [9.17, 15) is 9.18 Å². The van der Waals surface area contributed by atoms with Gasteiger partial charge in [0.2, 0.25) is 11.9 Å². The number of rotatable bonds is 4. The lowest BCUT2D eigenvalue weighted by molar-refractivity contribution is -0.146. The highest BCUT2D eigenvalue weighted by atomic mass is 19.1. The maximum Gasteiger partial charge on any atom is 0.310 e. The van der Waals surface area contributed by atoms with E-state index in [1.807, 2.05) is 0 Å². The molecule has 2 unspecified atom stereocenters. The molecule has 22 heavy (non-hydrogen) atoms. The van der Waals surface area contributed by atoms with E-state index in [4.69, 9.17) is 16.2 Å². The Kier molecular flexibility index (Phi) is 3.58. The Morgan fingerprint density at radius 1 is 1.18 bits per heavy atom. The van der Waals surface area contributed by atoms with E-state index in [0.29, 0.717) is 6.42 Å². The van der Waals surface area contributed by atoms with Crippen LogP contribution in [-0.4, -0.2) is 20.9 Å². The summed E-state index contributed by atoms with van der Waals surface area (Å²) in [5.74, 6) is -0.621. The number of nitrogens with two attached hydrogens (primary N) is 2. The average molecular weight is 303 g/mol. The molecular formula is C14H14FN5O2. The Bertz CT molecular complexity index is 687. The summed E-state index contributed by atoms with van der Waals surface area (Å²) in [4.78, 5) is 23.3. The molecule has 1 aliphatic carbocycles. The minimum absolute atomic E-state index is 0.0193. The maximum absolute atomic E-state index is 12.9. The molecule has 2 aromatic rings. The fourth-order valence-corrected chi connectivity index (χ4v) is 2.30. The normalized spacial score (nSPS) is 19.7. The number of hydrogen-bond donors (Lipinski definition) is 2. The summed E-state index contributed by atoms with van der Waals surface area (Å²) in [7, 11) is 0. The van der Waals surface area contributed by atoms with Crippen LogP contribution < -0.4 is 11.5 Å². The van der Waals surface area contributed by atoms with Gasteiger partial charge in [0.1, 0.15) is 5.82 Å². The molecule has 0 spiro atoms. The van der Waals surface area contributed by atoms with Gasteiger partial charge >= 0.3 is 5.97 Å². The molecule has 1 heterocycles. The summed E-state index contributed by atoms with van der Waals surface area (Å²) in [6.45, 7) is -0.109. The predicted octanol–water partition coefficient (Wildman–Crippen LogP) is 1.02. The molecule has 8 heteroatoms.